The van der Waals surface area contributed by atoms with Crippen LogP contribution in [0.4, 0.5) is 13.2 Å². The molecule has 1 saturated heterocycles. The van der Waals surface area contributed by atoms with Gasteiger partial charge in [0.15, 0.2) is 0 Å². The molecule has 3 rings (SSSR count). The van der Waals surface area contributed by atoms with Crippen molar-refractivity contribution in [2.45, 2.75) is 50.2 Å². The molecule has 1 amide bonds. The topological polar surface area (TPSA) is 69.7 Å². The highest BCUT2D eigenvalue weighted by Gasteiger charge is 2.39. The highest BCUT2D eigenvalue weighted by molar-refractivity contribution is 7.89. The van der Waals surface area contributed by atoms with Crippen molar-refractivity contribution < 1.29 is 26.4 Å². The molecule has 1 aliphatic carbocycles. The summed E-state index contributed by atoms with van der Waals surface area (Å²) in [5, 5.41) is 3.10. The maximum absolute atomic E-state index is 13.3. The van der Waals surface area contributed by atoms with E-state index in [1.807, 2.05) is 4.90 Å². The van der Waals surface area contributed by atoms with Crippen molar-refractivity contribution >= 4 is 15.9 Å². The van der Waals surface area contributed by atoms with E-state index in [1.165, 1.54) is 18.6 Å². The molecule has 1 N–H and O–H groups in total. The predicted octanol–water partition coefficient (Wildman–Crippen LogP) is 2.95. The van der Waals surface area contributed by atoms with E-state index in [1.54, 1.807) is 0 Å². The number of sulfonamides is 1. The number of nitrogens with one attached hydrogen (secondary N) is 1. The fourth-order valence-corrected chi connectivity index (χ4v) is 6.07. The molecular weight excluding hydrogens is 431 g/mol. The summed E-state index contributed by atoms with van der Waals surface area (Å²) >= 11 is 0. The number of hydrogen-bond acceptors (Lipinski definition) is 4. The number of carbonyl (C=O) groups is 1. The SMILES string of the molecule is CC1CCCC(NC(=O)CN2CCN(S(=O)(=O)c3ccccc3C(F)(F)F)CC2)C1C. The minimum Gasteiger partial charge on any atom is -0.352 e. The molecule has 0 radical (unpaired) electrons. The zero-order valence-corrected chi connectivity index (χ0v) is 18.7. The lowest BCUT2D eigenvalue weighted by molar-refractivity contribution is -0.140. The van der Waals surface area contributed by atoms with Crippen LogP contribution in [0, 0.1) is 11.8 Å². The lowest BCUT2D eigenvalue weighted by Gasteiger charge is -2.36. The Hall–Kier alpha value is -1.65. The third kappa shape index (κ3) is 5.59. The van der Waals surface area contributed by atoms with Gasteiger partial charge in [0.2, 0.25) is 15.9 Å². The van der Waals surface area contributed by atoms with Crippen LogP contribution in [-0.4, -0.2) is 62.3 Å². The molecule has 10 heteroatoms. The molecule has 6 nitrogen and oxygen atoms in total. The van der Waals surface area contributed by atoms with Gasteiger partial charge in [-0.25, -0.2) is 8.42 Å². The van der Waals surface area contributed by atoms with Gasteiger partial charge in [-0.2, -0.15) is 17.5 Å². The molecule has 174 valence electrons. The number of hydrogen-bond donors (Lipinski definition) is 1. The summed E-state index contributed by atoms with van der Waals surface area (Å²) in [6.45, 7) is 5.16. The lowest BCUT2D eigenvalue weighted by Crippen LogP contribution is -2.53. The van der Waals surface area contributed by atoms with Crippen molar-refractivity contribution in [3.05, 3.63) is 29.8 Å². The third-order valence-corrected chi connectivity index (χ3v) is 8.52. The summed E-state index contributed by atoms with van der Waals surface area (Å²) in [6, 6.07) is 4.38. The Morgan fingerprint density at radius 1 is 1.10 bits per heavy atom. The van der Waals surface area contributed by atoms with Gasteiger partial charge in [-0.1, -0.05) is 38.8 Å². The van der Waals surface area contributed by atoms with Crippen molar-refractivity contribution in [3.63, 3.8) is 0 Å². The molecular formula is C21H30F3N3O3S. The van der Waals surface area contributed by atoms with Crippen molar-refractivity contribution in [2.24, 2.45) is 11.8 Å². The first kappa shape index (κ1) is 24.0. The van der Waals surface area contributed by atoms with Crippen LogP contribution in [0.3, 0.4) is 0 Å². The van der Waals surface area contributed by atoms with Crippen LogP contribution in [-0.2, 0) is 21.0 Å². The molecule has 1 aliphatic heterocycles. The van der Waals surface area contributed by atoms with Crippen molar-refractivity contribution in [1.29, 1.82) is 0 Å². The fraction of sp³-hybridized carbons (Fsp3) is 0.667. The average Bonchev–Trinajstić information content (AvgIpc) is 2.71. The summed E-state index contributed by atoms with van der Waals surface area (Å²) in [5.41, 5.74) is -1.16. The zero-order valence-electron chi connectivity index (χ0n) is 17.9. The van der Waals surface area contributed by atoms with Gasteiger partial charge in [0.1, 0.15) is 0 Å². The molecule has 3 atom stereocenters. The van der Waals surface area contributed by atoms with Crippen molar-refractivity contribution in [1.82, 2.24) is 14.5 Å². The molecule has 0 aromatic heterocycles. The predicted molar refractivity (Wildman–Crippen MR) is 111 cm³/mol. The molecule has 1 saturated carbocycles. The van der Waals surface area contributed by atoms with Gasteiger partial charge >= 0.3 is 6.18 Å². The summed E-state index contributed by atoms with van der Waals surface area (Å²) in [6.07, 6.45) is -1.53. The Morgan fingerprint density at radius 3 is 2.39 bits per heavy atom. The number of carbonyl (C=O) groups excluding carboxylic acids is 1. The van der Waals surface area contributed by atoms with Gasteiger partial charge in [-0.3, -0.25) is 9.69 Å². The summed E-state index contributed by atoms with van der Waals surface area (Å²) in [5.74, 6) is 0.880. The Kier molecular flexibility index (Phi) is 7.32. The van der Waals surface area contributed by atoms with E-state index in [0.29, 0.717) is 11.8 Å². The fourth-order valence-electron chi connectivity index (χ4n) is 4.43. The number of piperazine rings is 1. The monoisotopic (exact) mass is 461 g/mol. The Bertz CT molecular complexity index is 883. The number of nitrogens with zero attached hydrogens (tertiary/aromatic N) is 2. The second-order valence-corrected chi connectivity index (χ2v) is 10.5. The van der Waals surface area contributed by atoms with E-state index in [9.17, 15) is 26.4 Å². The van der Waals surface area contributed by atoms with Gasteiger partial charge < -0.3 is 5.32 Å². The van der Waals surface area contributed by atoms with E-state index in [0.717, 1.165) is 29.3 Å². The highest BCUT2D eigenvalue weighted by atomic mass is 32.2. The van der Waals surface area contributed by atoms with Gasteiger partial charge in [0.05, 0.1) is 17.0 Å². The number of halogens is 3. The van der Waals surface area contributed by atoms with Crippen LogP contribution < -0.4 is 5.32 Å². The molecule has 1 aromatic carbocycles. The van der Waals surface area contributed by atoms with Crippen molar-refractivity contribution in [3.8, 4) is 0 Å². The van der Waals surface area contributed by atoms with Gasteiger partial charge in [-0.05, 0) is 30.4 Å². The standard InChI is InChI=1S/C21H30F3N3O3S/c1-15-6-5-8-18(16(15)2)25-20(28)14-26-10-12-27(13-11-26)31(29,30)19-9-4-3-7-17(19)21(22,23)24/h3-4,7,9,15-16,18H,5-6,8,10-14H2,1-2H3,(H,25,28). The largest absolute Gasteiger partial charge is 0.417 e. The second-order valence-electron chi connectivity index (χ2n) is 8.62. The molecule has 1 heterocycles. The minimum atomic E-state index is -4.75. The lowest BCUT2D eigenvalue weighted by atomic mass is 9.78. The maximum Gasteiger partial charge on any atom is 0.417 e. The number of alkyl halides is 3. The van der Waals surface area contributed by atoms with Crippen molar-refractivity contribution in [2.75, 3.05) is 32.7 Å². The van der Waals surface area contributed by atoms with Crippen LogP contribution in [0.2, 0.25) is 0 Å². The Balaban J connectivity index is 1.58. The first-order chi connectivity index (χ1) is 14.5. The molecule has 1 aromatic rings. The average molecular weight is 462 g/mol. The summed E-state index contributed by atoms with van der Waals surface area (Å²) < 4.78 is 66.5. The number of rotatable bonds is 5. The van der Waals surface area contributed by atoms with Crippen LogP contribution >= 0.6 is 0 Å². The quantitative estimate of drug-likeness (QED) is 0.732. The van der Waals surface area contributed by atoms with Gasteiger partial charge in [0.25, 0.3) is 0 Å². The molecule has 0 bridgehead atoms. The summed E-state index contributed by atoms with van der Waals surface area (Å²) in [7, 11) is -4.28. The van der Waals surface area contributed by atoms with E-state index in [2.05, 4.69) is 19.2 Å². The molecule has 2 aliphatic rings. The van der Waals surface area contributed by atoms with E-state index < -0.39 is 26.7 Å². The third-order valence-electron chi connectivity index (χ3n) is 6.56. The van der Waals surface area contributed by atoms with Crippen LogP contribution in [0.1, 0.15) is 38.7 Å². The molecule has 31 heavy (non-hydrogen) atoms. The number of benzene rings is 1. The Morgan fingerprint density at radius 2 is 1.74 bits per heavy atom. The number of amides is 1. The highest BCUT2D eigenvalue weighted by Crippen LogP contribution is 2.35. The van der Waals surface area contributed by atoms with E-state index >= 15 is 0 Å². The van der Waals surface area contributed by atoms with Gasteiger partial charge in [-0.15, -0.1) is 0 Å². The normalized spacial score (nSPS) is 26.5. The Labute approximate surface area is 181 Å². The second kappa shape index (κ2) is 9.46. The van der Waals surface area contributed by atoms with E-state index in [4.69, 9.17) is 0 Å². The summed E-state index contributed by atoms with van der Waals surface area (Å²) in [4.78, 5) is 13.6. The maximum atomic E-state index is 13.3. The van der Waals surface area contributed by atoms with E-state index in [-0.39, 0.29) is 44.7 Å². The molecule has 2 fully saturated rings. The molecule has 0 spiro atoms. The minimum absolute atomic E-state index is 0.0403. The molecule has 3 unspecified atom stereocenters. The smallest absolute Gasteiger partial charge is 0.352 e. The van der Waals surface area contributed by atoms with Crippen LogP contribution in [0.15, 0.2) is 29.2 Å². The van der Waals surface area contributed by atoms with Gasteiger partial charge in [0, 0.05) is 32.2 Å². The first-order valence-corrected chi connectivity index (χ1v) is 12.1. The zero-order chi connectivity index (χ0) is 22.8. The van der Waals surface area contributed by atoms with Crippen LogP contribution in [0.5, 0.6) is 0 Å². The first-order valence-electron chi connectivity index (χ1n) is 10.7. The van der Waals surface area contributed by atoms with Crippen LogP contribution in [0.25, 0.3) is 0 Å².